The van der Waals surface area contributed by atoms with Gasteiger partial charge in [-0.15, -0.1) is 0 Å². The molecule has 0 spiro atoms. The molecule has 1 aromatic heterocycles. The van der Waals surface area contributed by atoms with Crippen LogP contribution in [0.2, 0.25) is 0 Å². The van der Waals surface area contributed by atoms with Gasteiger partial charge in [-0.2, -0.15) is 0 Å². The number of amides is 2. The summed E-state index contributed by atoms with van der Waals surface area (Å²) in [5.74, 6) is -1.17. The Morgan fingerprint density at radius 3 is 2.67 bits per heavy atom. The summed E-state index contributed by atoms with van der Waals surface area (Å²) in [6.07, 6.45) is 2.20. The lowest BCUT2D eigenvalue weighted by Gasteiger charge is -2.22. The molecule has 1 aliphatic rings. The second-order valence-corrected chi connectivity index (χ2v) is 9.64. The summed E-state index contributed by atoms with van der Waals surface area (Å²) in [7, 11) is -3.36. The SMILES string of the molecule is Cc1ccc(N2CCCS2(=O)=O)cc1NC(=O)C(=O)NCC(C)(O)Cc1ccco1. The number of nitrogens with zero attached hydrogens (tertiary/aromatic N) is 1. The van der Waals surface area contributed by atoms with E-state index in [9.17, 15) is 23.1 Å². The molecule has 2 amide bonds. The molecule has 162 valence electrons. The van der Waals surface area contributed by atoms with Crippen LogP contribution in [0.3, 0.4) is 0 Å². The lowest BCUT2D eigenvalue weighted by Crippen LogP contribution is -2.45. The molecule has 0 saturated carbocycles. The van der Waals surface area contributed by atoms with Crippen LogP contribution >= 0.6 is 0 Å². The quantitative estimate of drug-likeness (QED) is 0.585. The first kappa shape index (κ1) is 21.8. The summed E-state index contributed by atoms with van der Waals surface area (Å²) in [6, 6.07) is 8.29. The zero-order chi connectivity index (χ0) is 21.9. The fraction of sp³-hybridized carbons (Fsp3) is 0.400. The first-order valence-electron chi connectivity index (χ1n) is 9.52. The lowest BCUT2D eigenvalue weighted by molar-refractivity contribution is -0.136. The highest BCUT2D eigenvalue weighted by Crippen LogP contribution is 2.28. The number of carbonyl (C=O) groups is 2. The highest BCUT2D eigenvalue weighted by molar-refractivity contribution is 7.93. The first-order valence-corrected chi connectivity index (χ1v) is 11.1. The molecule has 0 aliphatic carbocycles. The van der Waals surface area contributed by atoms with Crippen LogP contribution in [0, 0.1) is 6.92 Å². The van der Waals surface area contributed by atoms with Crippen molar-refractivity contribution in [3.8, 4) is 0 Å². The third-order valence-corrected chi connectivity index (χ3v) is 6.70. The maximum absolute atomic E-state index is 12.3. The summed E-state index contributed by atoms with van der Waals surface area (Å²) < 4.78 is 30.7. The second kappa shape index (κ2) is 8.49. The molecule has 9 nitrogen and oxygen atoms in total. The summed E-state index contributed by atoms with van der Waals surface area (Å²) in [4.78, 5) is 24.5. The van der Waals surface area contributed by atoms with E-state index in [2.05, 4.69) is 10.6 Å². The number of hydrogen-bond donors (Lipinski definition) is 3. The van der Waals surface area contributed by atoms with E-state index in [0.29, 0.717) is 35.7 Å². The van der Waals surface area contributed by atoms with Crippen molar-refractivity contribution < 1.29 is 27.5 Å². The average molecular weight is 436 g/mol. The van der Waals surface area contributed by atoms with Gasteiger partial charge in [0, 0.05) is 25.2 Å². The number of aliphatic hydroxyl groups is 1. The van der Waals surface area contributed by atoms with Gasteiger partial charge in [-0.05, 0) is 50.1 Å². The van der Waals surface area contributed by atoms with Crippen LogP contribution in [0.1, 0.15) is 24.7 Å². The Morgan fingerprint density at radius 1 is 1.27 bits per heavy atom. The molecule has 1 atom stereocenters. The Kier molecular flexibility index (Phi) is 6.18. The molecule has 10 heteroatoms. The first-order chi connectivity index (χ1) is 14.1. The summed E-state index contributed by atoms with van der Waals surface area (Å²) in [5, 5.41) is 15.3. The topological polar surface area (TPSA) is 129 Å². The van der Waals surface area contributed by atoms with Crippen LogP contribution in [0.5, 0.6) is 0 Å². The number of anilines is 2. The molecule has 0 bridgehead atoms. The van der Waals surface area contributed by atoms with Crippen molar-refractivity contribution in [2.75, 3.05) is 28.5 Å². The van der Waals surface area contributed by atoms with E-state index >= 15 is 0 Å². The minimum Gasteiger partial charge on any atom is -0.469 e. The third kappa shape index (κ3) is 5.19. The summed E-state index contributed by atoms with van der Waals surface area (Å²) in [5.41, 5.74) is 0.168. The van der Waals surface area contributed by atoms with Gasteiger partial charge >= 0.3 is 11.8 Å². The van der Waals surface area contributed by atoms with Crippen LogP contribution < -0.4 is 14.9 Å². The molecule has 2 heterocycles. The molecule has 30 heavy (non-hydrogen) atoms. The van der Waals surface area contributed by atoms with E-state index < -0.39 is 27.4 Å². The van der Waals surface area contributed by atoms with E-state index in [-0.39, 0.29) is 18.7 Å². The normalized spacial score (nSPS) is 17.4. The van der Waals surface area contributed by atoms with Gasteiger partial charge in [0.2, 0.25) is 10.0 Å². The van der Waals surface area contributed by atoms with Crippen LogP contribution in [0.25, 0.3) is 0 Å². The third-order valence-electron chi connectivity index (χ3n) is 4.83. The Hall–Kier alpha value is -2.85. The predicted molar refractivity (Wildman–Crippen MR) is 112 cm³/mol. The van der Waals surface area contributed by atoms with Gasteiger partial charge in [0.25, 0.3) is 0 Å². The van der Waals surface area contributed by atoms with Crippen molar-refractivity contribution in [2.45, 2.75) is 32.3 Å². The number of carbonyl (C=O) groups excluding carboxylic acids is 2. The van der Waals surface area contributed by atoms with Gasteiger partial charge in [0.1, 0.15) is 5.76 Å². The second-order valence-electron chi connectivity index (χ2n) is 7.63. The number of rotatable bonds is 6. The molecule has 1 saturated heterocycles. The van der Waals surface area contributed by atoms with Crippen LogP contribution in [0.4, 0.5) is 11.4 Å². The molecule has 3 N–H and O–H groups in total. The Bertz CT molecular complexity index is 1030. The average Bonchev–Trinajstić information content (AvgIpc) is 3.30. The highest BCUT2D eigenvalue weighted by atomic mass is 32.2. The molecule has 3 rings (SSSR count). The summed E-state index contributed by atoms with van der Waals surface area (Å²) in [6.45, 7) is 3.50. The number of furan rings is 1. The van der Waals surface area contributed by atoms with Gasteiger partial charge in [0.15, 0.2) is 0 Å². The largest absolute Gasteiger partial charge is 0.469 e. The lowest BCUT2D eigenvalue weighted by atomic mass is 10.0. The molecule has 0 radical (unpaired) electrons. The highest BCUT2D eigenvalue weighted by Gasteiger charge is 2.29. The molecular formula is C20H25N3O6S. The monoisotopic (exact) mass is 435 g/mol. The zero-order valence-electron chi connectivity index (χ0n) is 16.8. The number of sulfonamides is 1. The predicted octanol–water partition coefficient (Wildman–Crippen LogP) is 1.18. The van der Waals surface area contributed by atoms with Crippen LogP contribution in [-0.4, -0.2) is 49.8 Å². The molecule has 1 aliphatic heterocycles. The standard InChI is InChI=1S/C20H25N3O6S/c1-14-6-7-15(23-8-4-10-30(23,27)28)11-17(14)22-19(25)18(24)21-13-20(2,26)12-16-5-3-9-29-16/h3,5-7,9,11,26H,4,8,10,12-13H2,1-2H3,(H,21,24)(H,22,25). The van der Waals surface area contributed by atoms with Gasteiger partial charge < -0.3 is 20.2 Å². The minimum atomic E-state index is -3.36. The van der Waals surface area contributed by atoms with Crippen molar-refractivity contribution in [1.82, 2.24) is 5.32 Å². The molecule has 1 fully saturated rings. The van der Waals surface area contributed by atoms with Gasteiger partial charge in [-0.25, -0.2) is 8.42 Å². The Labute approximate surface area is 175 Å². The van der Waals surface area contributed by atoms with Gasteiger partial charge in [0.05, 0.1) is 23.3 Å². The summed E-state index contributed by atoms with van der Waals surface area (Å²) >= 11 is 0. The number of nitrogens with one attached hydrogen (secondary N) is 2. The van der Waals surface area contributed by atoms with Crippen molar-refractivity contribution >= 4 is 33.2 Å². The number of hydrogen-bond acceptors (Lipinski definition) is 6. The van der Waals surface area contributed by atoms with Gasteiger partial charge in [-0.3, -0.25) is 13.9 Å². The smallest absolute Gasteiger partial charge is 0.313 e. The Morgan fingerprint density at radius 2 is 2.03 bits per heavy atom. The van der Waals surface area contributed by atoms with E-state index in [1.807, 2.05) is 0 Å². The van der Waals surface area contributed by atoms with E-state index in [1.165, 1.54) is 23.6 Å². The molecule has 1 aromatic carbocycles. The zero-order valence-corrected chi connectivity index (χ0v) is 17.7. The van der Waals surface area contributed by atoms with Crippen molar-refractivity contribution in [2.24, 2.45) is 0 Å². The van der Waals surface area contributed by atoms with Crippen molar-refractivity contribution in [3.63, 3.8) is 0 Å². The van der Waals surface area contributed by atoms with Crippen molar-refractivity contribution in [3.05, 3.63) is 47.9 Å². The van der Waals surface area contributed by atoms with E-state index in [4.69, 9.17) is 4.42 Å². The van der Waals surface area contributed by atoms with Crippen molar-refractivity contribution in [1.29, 1.82) is 0 Å². The Balaban J connectivity index is 1.62. The maximum Gasteiger partial charge on any atom is 0.313 e. The molecule has 1 unspecified atom stereocenters. The fourth-order valence-corrected chi connectivity index (χ4v) is 4.77. The van der Waals surface area contributed by atoms with Crippen LogP contribution in [0.15, 0.2) is 41.0 Å². The molecule has 2 aromatic rings. The number of aryl methyl sites for hydroxylation is 1. The van der Waals surface area contributed by atoms with Crippen LogP contribution in [-0.2, 0) is 26.0 Å². The van der Waals surface area contributed by atoms with E-state index in [1.54, 1.807) is 31.2 Å². The number of benzene rings is 1. The van der Waals surface area contributed by atoms with E-state index in [0.717, 1.165) is 0 Å². The molecular weight excluding hydrogens is 410 g/mol. The maximum atomic E-state index is 12.3. The van der Waals surface area contributed by atoms with Gasteiger partial charge in [-0.1, -0.05) is 6.07 Å². The minimum absolute atomic E-state index is 0.0862. The fourth-order valence-electron chi connectivity index (χ4n) is 3.21.